The van der Waals surface area contributed by atoms with E-state index in [0.717, 1.165) is 5.75 Å². The number of para-hydroxylation sites is 1. The van der Waals surface area contributed by atoms with Crippen molar-refractivity contribution >= 4 is 18.3 Å². The number of ether oxygens (including phenoxy) is 1. The molecule has 0 fully saturated rings. The van der Waals surface area contributed by atoms with E-state index in [1.54, 1.807) is 6.92 Å². The summed E-state index contributed by atoms with van der Waals surface area (Å²) >= 11 is 0. The van der Waals surface area contributed by atoms with E-state index in [2.05, 4.69) is 5.32 Å². The van der Waals surface area contributed by atoms with Crippen molar-refractivity contribution in [3.8, 4) is 5.75 Å². The molecule has 1 amide bonds. The molecule has 0 saturated carbocycles. The van der Waals surface area contributed by atoms with Crippen LogP contribution in [0.1, 0.15) is 13.3 Å². The number of hydrogen-bond acceptors (Lipinski definition) is 3. The highest BCUT2D eigenvalue weighted by molar-refractivity contribution is 5.85. The minimum absolute atomic E-state index is 0. The number of amides is 1. The molecule has 1 aromatic rings. The highest BCUT2D eigenvalue weighted by Crippen LogP contribution is 2.12. The van der Waals surface area contributed by atoms with Gasteiger partial charge in [-0.2, -0.15) is 0 Å². The van der Waals surface area contributed by atoms with Gasteiger partial charge in [-0.3, -0.25) is 4.79 Å². The van der Waals surface area contributed by atoms with Gasteiger partial charge in [-0.05, 0) is 18.6 Å². The summed E-state index contributed by atoms with van der Waals surface area (Å²) in [6.07, 6.45) is 0.453. The Morgan fingerprint density at radius 2 is 2.00 bits per heavy atom. The third kappa shape index (κ3) is 7.82. The van der Waals surface area contributed by atoms with E-state index in [0.29, 0.717) is 13.0 Å². The lowest BCUT2D eigenvalue weighted by atomic mass is 10.1. The van der Waals surface area contributed by atoms with Crippen LogP contribution in [0.2, 0.25) is 0 Å². The Bertz CT molecular complexity index is 419. The van der Waals surface area contributed by atoms with Crippen LogP contribution < -0.4 is 15.8 Å². The van der Waals surface area contributed by atoms with E-state index in [9.17, 15) is 13.6 Å². The average molecular weight is 323 g/mol. The lowest BCUT2D eigenvalue weighted by Gasteiger charge is -2.17. The van der Waals surface area contributed by atoms with E-state index in [1.165, 1.54) is 0 Å². The minimum atomic E-state index is -3.06. The molecular formula is C14H21ClF2N2O2. The summed E-state index contributed by atoms with van der Waals surface area (Å²) in [5.74, 6) is -3.16. The van der Waals surface area contributed by atoms with Crippen LogP contribution in [0.5, 0.6) is 5.75 Å². The lowest BCUT2D eigenvalue weighted by Crippen LogP contribution is -2.43. The number of nitrogens with two attached hydrogens (primary N) is 1. The van der Waals surface area contributed by atoms with Gasteiger partial charge < -0.3 is 15.8 Å². The second kappa shape index (κ2) is 9.52. The molecule has 7 heteroatoms. The molecule has 0 bridgehead atoms. The normalized spacial score (nSPS) is 12.2. The summed E-state index contributed by atoms with van der Waals surface area (Å²) in [7, 11) is 0. The fourth-order valence-corrected chi connectivity index (χ4v) is 1.46. The second-order valence-corrected chi connectivity index (χ2v) is 4.63. The van der Waals surface area contributed by atoms with Crippen molar-refractivity contribution in [2.24, 2.45) is 11.7 Å². The highest BCUT2D eigenvalue weighted by atomic mass is 35.5. The monoisotopic (exact) mass is 322 g/mol. The minimum Gasteiger partial charge on any atom is -0.494 e. The molecule has 21 heavy (non-hydrogen) atoms. The van der Waals surface area contributed by atoms with E-state index < -0.39 is 30.8 Å². The van der Waals surface area contributed by atoms with Gasteiger partial charge in [0, 0.05) is 5.92 Å². The summed E-state index contributed by atoms with van der Waals surface area (Å²) in [5.41, 5.74) is 4.89. The Morgan fingerprint density at radius 3 is 2.57 bits per heavy atom. The van der Waals surface area contributed by atoms with Gasteiger partial charge in [-0.15, -0.1) is 12.4 Å². The fourth-order valence-electron chi connectivity index (χ4n) is 1.46. The van der Waals surface area contributed by atoms with Gasteiger partial charge in [-0.1, -0.05) is 25.1 Å². The summed E-state index contributed by atoms with van der Waals surface area (Å²) < 4.78 is 31.2. The first-order valence-electron chi connectivity index (χ1n) is 6.48. The number of halogens is 3. The van der Waals surface area contributed by atoms with Crippen LogP contribution in [0, 0.1) is 5.92 Å². The number of nitrogens with one attached hydrogen (secondary N) is 1. The molecular weight excluding hydrogens is 302 g/mol. The maximum atomic E-state index is 12.9. The Morgan fingerprint density at radius 1 is 1.38 bits per heavy atom. The van der Waals surface area contributed by atoms with Crippen molar-refractivity contribution in [1.82, 2.24) is 5.32 Å². The third-order valence-corrected chi connectivity index (χ3v) is 2.83. The molecule has 0 aliphatic heterocycles. The number of alkyl halides is 2. The molecule has 1 rings (SSSR count). The number of hydrogen-bond donors (Lipinski definition) is 2. The van der Waals surface area contributed by atoms with Crippen LogP contribution in [-0.4, -0.2) is 31.5 Å². The second-order valence-electron chi connectivity index (χ2n) is 4.63. The molecule has 0 heterocycles. The van der Waals surface area contributed by atoms with Crippen molar-refractivity contribution in [3.05, 3.63) is 30.3 Å². The molecule has 1 atom stereocenters. The van der Waals surface area contributed by atoms with Gasteiger partial charge >= 0.3 is 0 Å². The molecule has 0 saturated heterocycles. The smallest absolute Gasteiger partial charge is 0.277 e. The van der Waals surface area contributed by atoms with Crippen LogP contribution >= 0.6 is 12.4 Å². The molecule has 0 aliphatic carbocycles. The van der Waals surface area contributed by atoms with Gasteiger partial charge in [0.1, 0.15) is 5.75 Å². The predicted octanol–water partition coefficient (Wildman–Crippen LogP) is 2.22. The molecule has 0 aliphatic rings. The van der Waals surface area contributed by atoms with Gasteiger partial charge in [0.15, 0.2) is 0 Å². The Balaban J connectivity index is 0.00000400. The SMILES string of the molecule is CC(CCOc1ccccc1)C(=O)NCC(F)(F)CN.Cl. The van der Waals surface area contributed by atoms with Crippen LogP contribution in [0.25, 0.3) is 0 Å². The first-order valence-corrected chi connectivity index (χ1v) is 6.48. The first-order chi connectivity index (χ1) is 9.44. The summed E-state index contributed by atoms with van der Waals surface area (Å²) in [6, 6.07) is 9.19. The summed E-state index contributed by atoms with van der Waals surface area (Å²) in [4.78, 5) is 11.6. The number of benzene rings is 1. The zero-order valence-electron chi connectivity index (χ0n) is 11.9. The van der Waals surface area contributed by atoms with Gasteiger partial charge in [-0.25, -0.2) is 8.78 Å². The molecule has 0 radical (unpaired) electrons. The van der Waals surface area contributed by atoms with Crippen LogP contribution in [0.4, 0.5) is 8.78 Å². The quantitative estimate of drug-likeness (QED) is 0.771. The zero-order chi connectivity index (χ0) is 15.0. The van der Waals surface area contributed by atoms with E-state index in [4.69, 9.17) is 10.5 Å². The summed E-state index contributed by atoms with van der Waals surface area (Å²) in [6.45, 7) is 0.515. The topological polar surface area (TPSA) is 64.3 Å². The van der Waals surface area contributed by atoms with Gasteiger partial charge in [0.05, 0.1) is 19.7 Å². The van der Waals surface area contributed by atoms with Crippen molar-refractivity contribution in [2.75, 3.05) is 19.7 Å². The number of carbonyl (C=O) groups excluding carboxylic acids is 1. The fraction of sp³-hybridized carbons (Fsp3) is 0.500. The number of rotatable bonds is 8. The molecule has 1 aromatic carbocycles. The Labute approximate surface area is 129 Å². The van der Waals surface area contributed by atoms with Crippen molar-refractivity contribution in [2.45, 2.75) is 19.3 Å². The standard InChI is InChI=1S/C14H20F2N2O2.ClH/c1-11(13(19)18-10-14(15,16)9-17)7-8-20-12-5-3-2-4-6-12;/h2-6,11H,7-10,17H2,1H3,(H,18,19);1H. The van der Waals surface area contributed by atoms with Crippen LogP contribution in [-0.2, 0) is 4.79 Å². The van der Waals surface area contributed by atoms with E-state index >= 15 is 0 Å². The Kier molecular flexibility index (Phi) is 8.89. The molecule has 0 aromatic heterocycles. The molecule has 0 spiro atoms. The Hall–Kier alpha value is -1.40. The van der Waals surface area contributed by atoms with Crippen molar-refractivity contribution in [1.29, 1.82) is 0 Å². The van der Waals surface area contributed by atoms with Crippen LogP contribution in [0.15, 0.2) is 30.3 Å². The maximum absolute atomic E-state index is 12.9. The van der Waals surface area contributed by atoms with E-state index in [-0.39, 0.29) is 12.4 Å². The largest absolute Gasteiger partial charge is 0.494 e. The zero-order valence-corrected chi connectivity index (χ0v) is 12.7. The average Bonchev–Trinajstić information content (AvgIpc) is 2.46. The van der Waals surface area contributed by atoms with E-state index in [1.807, 2.05) is 30.3 Å². The predicted molar refractivity (Wildman–Crippen MR) is 80.0 cm³/mol. The highest BCUT2D eigenvalue weighted by Gasteiger charge is 2.28. The molecule has 3 N–H and O–H groups in total. The molecule has 4 nitrogen and oxygen atoms in total. The number of carbonyl (C=O) groups is 1. The molecule has 1 unspecified atom stereocenters. The summed E-state index contributed by atoms with van der Waals surface area (Å²) in [5, 5.41) is 2.20. The molecule has 120 valence electrons. The maximum Gasteiger partial charge on any atom is 0.277 e. The van der Waals surface area contributed by atoms with Gasteiger partial charge in [0.25, 0.3) is 5.92 Å². The third-order valence-electron chi connectivity index (χ3n) is 2.83. The van der Waals surface area contributed by atoms with Crippen molar-refractivity contribution < 1.29 is 18.3 Å². The first kappa shape index (κ1) is 19.6. The van der Waals surface area contributed by atoms with Crippen molar-refractivity contribution in [3.63, 3.8) is 0 Å². The van der Waals surface area contributed by atoms with Crippen LogP contribution in [0.3, 0.4) is 0 Å². The lowest BCUT2D eigenvalue weighted by molar-refractivity contribution is -0.126. The van der Waals surface area contributed by atoms with Gasteiger partial charge in [0.2, 0.25) is 5.91 Å².